The van der Waals surface area contributed by atoms with Gasteiger partial charge in [-0.05, 0) is 235 Å². The van der Waals surface area contributed by atoms with Gasteiger partial charge in [-0.1, -0.05) is 32.9 Å². The zero-order valence-corrected chi connectivity index (χ0v) is 84.6. The van der Waals surface area contributed by atoms with Crippen LogP contribution in [0.15, 0.2) is 139 Å². The third-order valence-electron chi connectivity index (χ3n) is 24.0. The van der Waals surface area contributed by atoms with Crippen LogP contribution in [0.4, 0.5) is 83.4 Å². The average molecular weight is 2020 g/mol. The first-order chi connectivity index (χ1) is 67.3. The lowest BCUT2D eigenvalue weighted by molar-refractivity contribution is -0.130. The Kier molecular flexibility index (Phi) is 37.5. The van der Waals surface area contributed by atoms with Gasteiger partial charge in [-0.2, -0.15) is 9.97 Å². The van der Waals surface area contributed by atoms with Crippen molar-refractivity contribution >= 4 is 199 Å². The Morgan fingerprint density at radius 3 is 1.07 bits per heavy atom. The Hall–Kier alpha value is -14.8. The summed E-state index contributed by atoms with van der Waals surface area (Å²) in [4.78, 5) is 169. The predicted octanol–water partition coefficient (Wildman–Crippen LogP) is 11.4. The van der Waals surface area contributed by atoms with E-state index in [-0.39, 0.29) is 124 Å². The van der Waals surface area contributed by atoms with E-state index in [0.29, 0.717) is 80.1 Å². The highest BCUT2D eigenvalue weighted by Gasteiger charge is 2.37. The zero-order chi connectivity index (χ0) is 102. The summed E-state index contributed by atoms with van der Waals surface area (Å²) < 4.78 is 0. The molecule has 15 rings (SSSR count). The van der Waals surface area contributed by atoms with E-state index in [1.165, 1.54) is 93.3 Å². The number of hydrogen-bond acceptors (Lipinski definition) is 37. The van der Waals surface area contributed by atoms with E-state index in [4.69, 9.17) is 28.7 Å². The lowest BCUT2D eigenvalue weighted by Crippen LogP contribution is -2.55. The highest BCUT2D eigenvalue weighted by Crippen LogP contribution is 2.36. The van der Waals surface area contributed by atoms with Gasteiger partial charge in [0.25, 0.3) is 29.5 Å². The van der Waals surface area contributed by atoms with Crippen LogP contribution in [0.1, 0.15) is 165 Å². The van der Waals surface area contributed by atoms with Crippen molar-refractivity contribution in [2.75, 3.05) is 119 Å². The minimum Gasteiger partial charge on any atom is -0.364 e. The van der Waals surface area contributed by atoms with Gasteiger partial charge in [0.05, 0.1) is 49.6 Å². The SMILES string of the molecule is C=CC(=O)N1CCC[C@@H](N(C)c2cnc(C(N)=O)c(Nc3cc(C)cs3)n2)C1.C=CC(=O)N1CCC[C@@H](N(C)c2cnc(C(N)=O)c(Nc3cc(C)cs3)n2)[C@H]1C.C=CC(=O)N1CCC[C@@H](N(C)c2nnc(C(N)=O)c(Nc3cc(C)cs3)n2)C1.C=CC(=O)N1CCC[C@@H](Nc2cnc(C(N)=O)c(Nc3cc(C)cs3)n2)[C@H]1C.C=CC(=O)N1CCC[C@@H](Nc2nnc(C(N)=O)c(Nc3cc(C)cs3)n2)[C@H]1C. The number of primary amides is 5. The van der Waals surface area contributed by atoms with E-state index in [1.807, 2.05) is 153 Å². The molecule has 0 unspecified atom stereocenters. The number of likely N-dealkylation sites (tertiary alicyclic amines) is 5. The fraction of sp³-hybridized carbons (Fsp3) is 0.383. The van der Waals surface area contributed by atoms with Gasteiger partial charge in [0, 0.05) is 109 Å². The third-order valence-corrected chi connectivity index (χ3v) is 28.8. The summed E-state index contributed by atoms with van der Waals surface area (Å²) in [5, 5.41) is 52.4. The fourth-order valence-electron chi connectivity index (χ4n) is 16.5. The topological polar surface area (TPSA) is 566 Å². The molecule has 0 aromatic carbocycles. The van der Waals surface area contributed by atoms with Gasteiger partial charge < -0.3 is 105 Å². The van der Waals surface area contributed by atoms with Crippen LogP contribution in [0.2, 0.25) is 0 Å². The van der Waals surface area contributed by atoms with Crippen LogP contribution in [0.25, 0.3) is 0 Å². The molecule has 0 aliphatic carbocycles. The number of carbonyl (C=O) groups excluding carboxylic acids is 10. The smallest absolute Gasteiger partial charge is 0.273 e. The molecule has 5 aliphatic heterocycles. The Morgan fingerprint density at radius 1 is 0.369 bits per heavy atom. The maximum absolute atomic E-state index is 12.2. The summed E-state index contributed by atoms with van der Waals surface area (Å²) in [5.74, 6) is 0.0869. The molecule has 15 heterocycles. The Morgan fingerprint density at radius 2 is 0.695 bits per heavy atom. The summed E-state index contributed by atoms with van der Waals surface area (Å²) in [5.41, 5.74) is 33.0. The van der Waals surface area contributed by atoms with E-state index < -0.39 is 29.5 Å². The molecule has 0 saturated carbocycles. The quantitative estimate of drug-likeness (QED) is 0.0186. The summed E-state index contributed by atoms with van der Waals surface area (Å²) in [6.45, 7) is 38.5. The van der Waals surface area contributed by atoms with Crippen LogP contribution >= 0.6 is 56.7 Å². The number of amides is 10. The maximum atomic E-state index is 12.2. The van der Waals surface area contributed by atoms with Crippen molar-refractivity contribution in [1.29, 1.82) is 0 Å². The van der Waals surface area contributed by atoms with Crippen molar-refractivity contribution in [3.63, 3.8) is 0 Å². The molecule has 141 heavy (non-hydrogen) atoms. The molecule has 5 aliphatic rings. The normalized spacial score (nSPS) is 18.0. The first-order valence-electron chi connectivity index (χ1n) is 45.4. The number of thiophene rings is 5. The van der Waals surface area contributed by atoms with Crippen LogP contribution in [0.5, 0.6) is 0 Å². The number of piperidine rings is 5. The number of nitrogens with two attached hydrogens (primary N) is 5. The number of nitrogens with zero attached hydrogens (tertiary/aromatic N) is 20. The molecule has 10 aromatic heterocycles. The highest BCUT2D eigenvalue weighted by atomic mass is 32.1. The largest absolute Gasteiger partial charge is 0.364 e. The van der Waals surface area contributed by atoms with Crippen molar-refractivity contribution in [3.05, 3.63) is 195 Å². The second-order valence-electron chi connectivity index (χ2n) is 34.2. The standard InChI is InChI=1S/C20H26N6O2S.2C19H24N6O2S.2C18H23N7O2S/c1-5-17(27)26-8-6-7-14(13(26)3)25(4)15-10-22-18(19(21)28)20(23-15)24-16-9-12(2)11-29-16;1-4-16(26)25-7-5-6-13(10-25)24(3)14-9-21-17(18(20)27)19(22-14)23-15-8-12(2)11-28-15;1-4-16(26)25-7-5-6-13(12(25)3)22-14-9-21-17(18(20)27)19(23-14)24-15-8-11(2)10-28-15;1-4-14(26)25-7-5-6-12(9-25)24(3)18-21-17(15(16(19)27)22-23-18)20-13-8-11(2)10-28-13;1-4-14(26)25-7-5-6-12(11(25)3)20-18-22-17(15(16(19)27)23-24-18)21-13-8-10(2)9-28-13/h5,9-11,13-14H,1,6-8H2,2-4H3,(H2,21,28)(H,23,24);4,8-9,11,13H,1,5-7,10H2,2-3H3,(H2,20,27)(H,22,23);4,8-10,12-13H,1,5-7H2,2-3H3,(H2,20,27)(H2,22,23,24);4,8,10,12H,1,5-7,9H2,2-3H3,(H2,19,27)(H,20,21,23);4,8-9,11-12H,1,5-7H2,2-3H3,(H2,19,27)(H2,20,21,22,24)/t13-,14-;13-;12-,13-;12-;11-,12-/m11111/s1. The number of rotatable bonds is 30. The Bertz CT molecular complexity index is 5920. The molecule has 47 heteroatoms. The Labute approximate surface area is 837 Å². The number of hydrogen-bond donors (Lipinski definition) is 12. The van der Waals surface area contributed by atoms with Crippen LogP contribution in [0, 0.1) is 34.6 Å². The molecule has 10 aromatic rings. The molecule has 0 bridgehead atoms. The van der Waals surface area contributed by atoms with Crippen molar-refractivity contribution < 1.29 is 47.9 Å². The predicted molar refractivity (Wildman–Crippen MR) is 555 cm³/mol. The molecule has 10 amide bonds. The monoisotopic (exact) mass is 2020 g/mol. The van der Waals surface area contributed by atoms with Gasteiger partial charge in [0.1, 0.15) is 17.5 Å². The van der Waals surface area contributed by atoms with Gasteiger partial charge >= 0.3 is 0 Å². The third kappa shape index (κ3) is 28.3. The van der Waals surface area contributed by atoms with E-state index in [0.717, 1.165) is 124 Å². The minimum absolute atomic E-state index is 0.00628. The van der Waals surface area contributed by atoms with Gasteiger partial charge in [-0.3, -0.25) is 47.9 Å². The number of aryl methyl sites for hydroxylation is 5. The highest BCUT2D eigenvalue weighted by molar-refractivity contribution is 7.15. The molecule has 42 nitrogen and oxygen atoms in total. The van der Waals surface area contributed by atoms with Crippen LogP contribution in [-0.4, -0.2) is 259 Å². The van der Waals surface area contributed by atoms with Crippen LogP contribution in [0.3, 0.4) is 0 Å². The number of nitrogens with one attached hydrogen (secondary N) is 7. The van der Waals surface area contributed by atoms with E-state index in [2.05, 4.69) is 130 Å². The van der Waals surface area contributed by atoms with Gasteiger partial charge in [-0.25, -0.2) is 29.9 Å². The van der Waals surface area contributed by atoms with Gasteiger partial charge in [0.15, 0.2) is 57.6 Å². The average Bonchev–Trinajstić information content (AvgIpc) is 1.80. The number of likely N-dealkylation sites (N-methyl/N-ethyl adjacent to an activating group) is 3. The fourth-order valence-corrected chi connectivity index (χ4v) is 20.4. The molecule has 0 spiro atoms. The van der Waals surface area contributed by atoms with Gasteiger partial charge in [0.2, 0.25) is 41.4 Å². The van der Waals surface area contributed by atoms with E-state index in [9.17, 15) is 47.9 Å². The van der Waals surface area contributed by atoms with E-state index >= 15 is 0 Å². The number of anilines is 15. The summed E-state index contributed by atoms with van der Waals surface area (Å²) in [6, 6.07) is 9.86. The second-order valence-corrected chi connectivity index (χ2v) is 38.7. The van der Waals surface area contributed by atoms with Gasteiger partial charge in [-0.15, -0.1) is 77.1 Å². The lowest BCUT2D eigenvalue weighted by Gasteiger charge is -2.43. The Balaban J connectivity index is 0.000000168. The second kappa shape index (κ2) is 49.6. The molecule has 746 valence electrons. The van der Waals surface area contributed by atoms with Crippen LogP contribution < -0.4 is 80.6 Å². The molecule has 17 N–H and O–H groups in total. The zero-order valence-electron chi connectivity index (χ0n) is 80.5. The lowest BCUT2D eigenvalue weighted by atomic mass is 9.96. The van der Waals surface area contributed by atoms with Crippen molar-refractivity contribution in [3.8, 4) is 0 Å². The minimum atomic E-state index is -0.712. The molecule has 5 fully saturated rings. The molecular weight excluding hydrogens is 1900 g/mol. The molecule has 8 atom stereocenters. The van der Waals surface area contributed by atoms with E-state index in [1.54, 1.807) is 32.0 Å². The maximum Gasteiger partial charge on any atom is 0.273 e. The number of aromatic nitrogens is 12. The first kappa shape index (κ1) is 107. The molecule has 0 radical (unpaired) electrons. The van der Waals surface area contributed by atoms with Crippen molar-refractivity contribution in [1.82, 2.24) is 84.8 Å². The summed E-state index contributed by atoms with van der Waals surface area (Å²) >= 11 is 7.52. The first-order valence-corrected chi connectivity index (χ1v) is 49.8. The summed E-state index contributed by atoms with van der Waals surface area (Å²) in [6.07, 6.45) is 20.2. The molecule has 5 saturated heterocycles. The number of carbonyl (C=O) groups is 10. The summed E-state index contributed by atoms with van der Waals surface area (Å²) in [7, 11) is 5.70. The van der Waals surface area contributed by atoms with Crippen molar-refractivity contribution in [2.24, 2.45) is 28.7 Å². The molecular formula is C94H120N32O10S5. The van der Waals surface area contributed by atoms with Crippen molar-refractivity contribution in [2.45, 2.75) is 168 Å². The van der Waals surface area contributed by atoms with Crippen LogP contribution in [-0.2, 0) is 24.0 Å².